The molecule has 0 spiro atoms. The van der Waals surface area contributed by atoms with Crippen molar-refractivity contribution in [1.29, 1.82) is 0 Å². The van der Waals surface area contributed by atoms with Crippen LogP contribution in [0, 0.1) is 6.92 Å². The van der Waals surface area contributed by atoms with E-state index in [-0.39, 0.29) is 18.1 Å². The van der Waals surface area contributed by atoms with Crippen LogP contribution in [-0.4, -0.2) is 31.4 Å². The second-order valence-electron chi connectivity index (χ2n) is 4.37. The Morgan fingerprint density at radius 3 is 2.65 bits per heavy atom. The molecule has 0 saturated heterocycles. The van der Waals surface area contributed by atoms with Gasteiger partial charge in [-0.05, 0) is 19.4 Å². The topological polar surface area (TPSA) is 108 Å². The van der Waals surface area contributed by atoms with Gasteiger partial charge >= 0.3 is 0 Å². The molecule has 0 fully saturated rings. The first-order chi connectivity index (χ1) is 9.49. The zero-order valence-corrected chi connectivity index (χ0v) is 11.3. The molecule has 106 valence electrons. The second-order valence-corrected chi connectivity index (χ2v) is 4.37. The van der Waals surface area contributed by atoms with Crippen molar-refractivity contribution in [3.8, 4) is 0 Å². The summed E-state index contributed by atoms with van der Waals surface area (Å²) < 4.78 is 3.05. The van der Waals surface area contributed by atoms with Crippen molar-refractivity contribution in [3.63, 3.8) is 0 Å². The van der Waals surface area contributed by atoms with Crippen LogP contribution in [0.1, 0.15) is 23.0 Å². The average molecular weight is 276 g/mol. The number of carbonyl (C=O) groups excluding carboxylic acids is 2. The van der Waals surface area contributed by atoms with Crippen LogP contribution in [0.15, 0.2) is 18.6 Å². The number of anilines is 1. The Labute approximate surface area is 115 Å². The summed E-state index contributed by atoms with van der Waals surface area (Å²) in [4.78, 5) is 23.2. The van der Waals surface area contributed by atoms with Gasteiger partial charge in [0, 0.05) is 18.9 Å². The first kappa shape index (κ1) is 13.8. The van der Waals surface area contributed by atoms with Crippen LogP contribution in [0.25, 0.3) is 0 Å². The van der Waals surface area contributed by atoms with Crippen molar-refractivity contribution in [3.05, 3.63) is 29.8 Å². The summed E-state index contributed by atoms with van der Waals surface area (Å²) in [6, 6.07) is 0. The molecular formula is C12H16N6O2. The van der Waals surface area contributed by atoms with Gasteiger partial charge < -0.3 is 11.1 Å². The third-order valence-electron chi connectivity index (χ3n) is 2.66. The van der Waals surface area contributed by atoms with E-state index in [0.717, 1.165) is 5.56 Å². The van der Waals surface area contributed by atoms with Gasteiger partial charge in [-0.2, -0.15) is 10.2 Å². The Morgan fingerprint density at radius 2 is 2.10 bits per heavy atom. The highest BCUT2D eigenvalue weighted by molar-refractivity contribution is 6.01. The second kappa shape index (κ2) is 5.55. The Kier molecular flexibility index (Phi) is 3.83. The SMILES string of the molecule is CCn1cc(NC(=O)Cn2cc(C)cn2)c(C(N)=O)n1. The summed E-state index contributed by atoms with van der Waals surface area (Å²) in [5.74, 6) is -0.978. The van der Waals surface area contributed by atoms with Crippen molar-refractivity contribution in [1.82, 2.24) is 19.6 Å². The quantitative estimate of drug-likeness (QED) is 0.810. The normalized spacial score (nSPS) is 10.5. The fourth-order valence-electron chi connectivity index (χ4n) is 1.75. The van der Waals surface area contributed by atoms with Crippen LogP contribution < -0.4 is 11.1 Å². The molecule has 0 atom stereocenters. The standard InChI is InChI=1S/C12H16N6O2/c1-3-17-6-9(11(16-17)12(13)20)15-10(19)7-18-5-8(2)4-14-18/h4-6H,3,7H2,1-2H3,(H2,13,20)(H,15,19). The van der Waals surface area contributed by atoms with E-state index in [0.29, 0.717) is 12.2 Å². The summed E-state index contributed by atoms with van der Waals surface area (Å²) in [5, 5.41) is 10.6. The Morgan fingerprint density at radius 1 is 1.35 bits per heavy atom. The third kappa shape index (κ3) is 3.02. The predicted octanol–water partition coefficient (Wildman–Crippen LogP) is 0.146. The van der Waals surface area contributed by atoms with Gasteiger partial charge in [0.2, 0.25) is 5.91 Å². The van der Waals surface area contributed by atoms with E-state index in [1.165, 1.54) is 9.36 Å². The minimum absolute atomic E-state index is 0.0526. The van der Waals surface area contributed by atoms with Crippen LogP contribution in [0.2, 0.25) is 0 Å². The van der Waals surface area contributed by atoms with E-state index in [1.54, 1.807) is 18.6 Å². The lowest BCUT2D eigenvalue weighted by atomic mass is 10.3. The molecular weight excluding hydrogens is 260 g/mol. The molecule has 0 aliphatic heterocycles. The van der Waals surface area contributed by atoms with Crippen molar-refractivity contribution < 1.29 is 9.59 Å². The molecule has 2 heterocycles. The van der Waals surface area contributed by atoms with E-state index in [1.807, 2.05) is 13.8 Å². The maximum Gasteiger partial charge on any atom is 0.271 e. The average Bonchev–Trinajstić information content (AvgIpc) is 2.95. The van der Waals surface area contributed by atoms with Crippen molar-refractivity contribution in [2.75, 3.05) is 5.32 Å². The zero-order valence-electron chi connectivity index (χ0n) is 11.3. The number of carbonyl (C=O) groups is 2. The summed E-state index contributed by atoms with van der Waals surface area (Å²) >= 11 is 0. The number of primary amides is 1. The predicted molar refractivity (Wildman–Crippen MR) is 72.0 cm³/mol. The number of nitrogens with zero attached hydrogens (tertiary/aromatic N) is 4. The number of amides is 2. The fraction of sp³-hybridized carbons (Fsp3) is 0.333. The molecule has 2 rings (SSSR count). The first-order valence-electron chi connectivity index (χ1n) is 6.15. The van der Waals surface area contributed by atoms with Gasteiger partial charge in [0.15, 0.2) is 5.69 Å². The Bertz CT molecular complexity index is 642. The zero-order chi connectivity index (χ0) is 14.7. The molecule has 0 aliphatic carbocycles. The number of nitrogens with one attached hydrogen (secondary N) is 1. The number of hydrogen-bond acceptors (Lipinski definition) is 4. The molecule has 0 unspecified atom stereocenters. The number of nitrogens with two attached hydrogens (primary N) is 1. The number of hydrogen-bond donors (Lipinski definition) is 2. The van der Waals surface area contributed by atoms with Crippen molar-refractivity contribution >= 4 is 17.5 Å². The van der Waals surface area contributed by atoms with Crippen LogP contribution in [0.5, 0.6) is 0 Å². The van der Waals surface area contributed by atoms with E-state index < -0.39 is 5.91 Å². The lowest BCUT2D eigenvalue weighted by Crippen LogP contribution is -2.21. The molecule has 2 amide bonds. The molecule has 3 N–H and O–H groups in total. The Balaban J connectivity index is 2.10. The minimum atomic E-state index is -0.678. The number of aryl methyl sites for hydroxylation is 2. The van der Waals surface area contributed by atoms with Gasteiger partial charge in [-0.1, -0.05) is 0 Å². The largest absolute Gasteiger partial charge is 0.364 e. The third-order valence-corrected chi connectivity index (χ3v) is 2.66. The molecule has 8 nitrogen and oxygen atoms in total. The molecule has 0 radical (unpaired) electrons. The highest BCUT2D eigenvalue weighted by Gasteiger charge is 2.16. The van der Waals surface area contributed by atoms with Gasteiger partial charge in [0.05, 0.1) is 11.9 Å². The van der Waals surface area contributed by atoms with Gasteiger partial charge in [-0.15, -0.1) is 0 Å². The molecule has 0 bridgehead atoms. The van der Waals surface area contributed by atoms with Crippen molar-refractivity contribution in [2.24, 2.45) is 5.73 Å². The van der Waals surface area contributed by atoms with Gasteiger partial charge in [-0.3, -0.25) is 19.0 Å². The molecule has 0 saturated carbocycles. The maximum absolute atomic E-state index is 11.9. The van der Waals surface area contributed by atoms with Gasteiger partial charge in [0.25, 0.3) is 5.91 Å². The highest BCUT2D eigenvalue weighted by Crippen LogP contribution is 2.13. The van der Waals surface area contributed by atoms with Crippen LogP contribution in [-0.2, 0) is 17.9 Å². The van der Waals surface area contributed by atoms with Crippen LogP contribution >= 0.6 is 0 Å². The lowest BCUT2D eigenvalue weighted by molar-refractivity contribution is -0.116. The molecule has 8 heteroatoms. The summed E-state index contributed by atoms with van der Waals surface area (Å²) in [5.41, 5.74) is 6.56. The number of aromatic nitrogens is 4. The molecule has 2 aromatic heterocycles. The van der Waals surface area contributed by atoms with E-state index in [2.05, 4.69) is 15.5 Å². The van der Waals surface area contributed by atoms with Crippen LogP contribution in [0.3, 0.4) is 0 Å². The van der Waals surface area contributed by atoms with E-state index >= 15 is 0 Å². The lowest BCUT2D eigenvalue weighted by Gasteiger charge is -2.03. The molecule has 0 aromatic carbocycles. The summed E-state index contributed by atoms with van der Waals surface area (Å²) in [6.07, 6.45) is 4.99. The maximum atomic E-state index is 11.9. The monoisotopic (exact) mass is 276 g/mol. The Hall–Kier alpha value is -2.64. The highest BCUT2D eigenvalue weighted by atomic mass is 16.2. The van der Waals surface area contributed by atoms with Crippen molar-refractivity contribution in [2.45, 2.75) is 26.9 Å². The smallest absolute Gasteiger partial charge is 0.271 e. The summed E-state index contributed by atoms with van der Waals surface area (Å²) in [6.45, 7) is 4.39. The van der Waals surface area contributed by atoms with Crippen LogP contribution in [0.4, 0.5) is 5.69 Å². The van der Waals surface area contributed by atoms with Gasteiger partial charge in [0.1, 0.15) is 6.54 Å². The van der Waals surface area contributed by atoms with E-state index in [4.69, 9.17) is 5.73 Å². The molecule has 0 aliphatic rings. The minimum Gasteiger partial charge on any atom is -0.364 e. The number of rotatable bonds is 5. The molecule has 2 aromatic rings. The first-order valence-corrected chi connectivity index (χ1v) is 6.15. The molecule has 20 heavy (non-hydrogen) atoms. The fourth-order valence-corrected chi connectivity index (χ4v) is 1.75. The van der Waals surface area contributed by atoms with Gasteiger partial charge in [-0.25, -0.2) is 0 Å². The van der Waals surface area contributed by atoms with E-state index in [9.17, 15) is 9.59 Å². The summed E-state index contributed by atoms with van der Waals surface area (Å²) in [7, 11) is 0.